The Hall–Kier alpha value is -4.58. The highest BCUT2D eigenvalue weighted by atomic mass is 79.9. The summed E-state index contributed by atoms with van der Waals surface area (Å²) < 4.78 is 23.6. The number of nitrogens with zero attached hydrogens (tertiary/aromatic N) is 2. The van der Waals surface area contributed by atoms with Crippen molar-refractivity contribution in [3.63, 3.8) is 0 Å². The average molecular weight is 611 g/mol. The van der Waals surface area contributed by atoms with Gasteiger partial charge in [-0.2, -0.15) is 9.78 Å². The zero-order valence-corrected chi connectivity index (χ0v) is 24.0. The normalized spacial score (nSPS) is 10.7. The molecular formula is C28H27BrN4O7. The Kier molecular flexibility index (Phi) is 8.58. The Balaban J connectivity index is 1.60. The van der Waals surface area contributed by atoms with Crippen molar-refractivity contribution >= 4 is 21.8 Å². The molecule has 0 atom stereocenters. The molecule has 0 radical (unpaired) electrons. The topological polar surface area (TPSA) is 134 Å². The fraction of sp³-hybridized carbons (Fsp3) is 0.214. The van der Waals surface area contributed by atoms with Crippen LogP contribution in [0.1, 0.15) is 27.2 Å². The van der Waals surface area contributed by atoms with E-state index in [0.29, 0.717) is 51.1 Å². The van der Waals surface area contributed by atoms with Crippen molar-refractivity contribution in [3.05, 3.63) is 96.2 Å². The van der Waals surface area contributed by atoms with Gasteiger partial charge in [-0.25, -0.2) is 4.79 Å². The van der Waals surface area contributed by atoms with Crippen LogP contribution in [0.5, 0.6) is 28.7 Å². The van der Waals surface area contributed by atoms with Gasteiger partial charge in [-0.15, -0.1) is 0 Å². The third kappa shape index (κ3) is 6.18. The molecule has 0 fully saturated rings. The molecule has 0 saturated heterocycles. The Morgan fingerprint density at radius 3 is 2.15 bits per heavy atom. The molecule has 2 N–H and O–H groups in total. The number of ether oxygens (including phenoxy) is 4. The van der Waals surface area contributed by atoms with Crippen molar-refractivity contribution in [2.75, 3.05) is 21.3 Å². The summed E-state index contributed by atoms with van der Waals surface area (Å²) in [5.74, 6) is 2.18. The van der Waals surface area contributed by atoms with Crippen LogP contribution in [0, 0.1) is 13.8 Å². The molecule has 11 nitrogen and oxygen atoms in total. The summed E-state index contributed by atoms with van der Waals surface area (Å²) in [6.07, 6.45) is 0. The van der Waals surface area contributed by atoms with Crippen LogP contribution < -0.4 is 35.5 Å². The lowest BCUT2D eigenvalue weighted by Gasteiger charge is -2.15. The molecule has 1 aromatic heterocycles. The number of hydrogen-bond donors (Lipinski definition) is 2. The third-order valence-corrected chi connectivity index (χ3v) is 6.56. The minimum Gasteiger partial charge on any atom is -0.497 e. The predicted octanol–water partition coefficient (Wildman–Crippen LogP) is 4.05. The fourth-order valence-corrected chi connectivity index (χ4v) is 4.52. The van der Waals surface area contributed by atoms with E-state index < -0.39 is 22.9 Å². The van der Waals surface area contributed by atoms with E-state index in [-0.39, 0.29) is 6.54 Å². The van der Waals surface area contributed by atoms with Crippen molar-refractivity contribution in [2.24, 2.45) is 0 Å². The second-order valence-electron chi connectivity index (χ2n) is 8.73. The molecule has 208 valence electrons. The first-order chi connectivity index (χ1) is 19.1. The molecule has 0 saturated carbocycles. The second kappa shape index (κ2) is 12.1. The first-order valence-electron chi connectivity index (χ1n) is 12.0. The van der Waals surface area contributed by atoms with Gasteiger partial charge in [-0.1, -0.05) is 0 Å². The lowest BCUT2D eigenvalue weighted by atomic mass is 10.1. The molecule has 0 unspecified atom stereocenters. The molecule has 0 spiro atoms. The Labute approximate surface area is 237 Å². The van der Waals surface area contributed by atoms with Gasteiger partial charge in [0.25, 0.3) is 11.5 Å². The van der Waals surface area contributed by atoms with E-state index in [2.05, 4.69) is 31.3 Å². The number of halogens is 1. The van der Waals surface area contributed by atoms with Gasteiger partial charge in [0.15, 0.2) is 0 Å². The van der Waals surface area contributed by atoms with Gasteiger partial charge < -0.3 is 24.3 Å². The monoisotopic (exact) mass is 610 g/mol. The number of methoxy groups -OCH3 is 3. The van der Waals surface area contributed by atoms with Crippen molar-refractivity contribution in [1.29, 1.82) is 0 Å². The van der Waals surface area contributed by atoms with Crippen LogP contribution in [0.15, 0.2) is 62.6 Å². The number of amides is 1. The number of aromatic nitrogens is 3. The summed E-state index contributed by atoms with van der Waals surface area (Å²) in [5.41, 5.74) is 0.296. The van der Waals surface area contributed by atoms with Gasteiger partial charge in [0, 0.05) is 12.6 Å². The van der Waals surface area contributed by atoms with Gasteiger partial charge in [0.1, 0.15) is 28.7 Å². The number of benzene rings is 3. The quantitative estimate of drug-likeness (QED) is 0.290. The van der Waals surface area contributed by atoms with Crippen LogP contribution >= 0.6 is 15.9 Å². The molecule has 3 aromatic carbocycles. The van der Waals surface area contributed by atoms with Crippen LogP contribution in [0.3, 0.4) is 0 Å². The summed E-state index contributed by atoms with van der Waals surface area (Å²) in [5, 5.41) is 6.73. The molecule has 0 aliphatic carbocycles. The van der Waals surface area contributed by atoms with Gasteiger partial charge in [0.05, 0.1) is 31.5 Å². The van der Waals surface area contributed by atoms with Gasteiger partial charge in [-0.3, -0.25) is 14.6 Å². The highest BCUT2D eigenvalue weighted by Gasteiger charge is 2.18. The smallest absolute Gasteiger partial charge is 0.349 e. The Morgan fingerprint density at radius 1 is 0.925 bits per heavy atom. The summed E-state index contributed by atoms with van der Waals surface area (Å²) in [4.78, 5) is 40.2. The van der Waals surface area contributed by atoms with Crippen LogP contribution in [-0.4, -0.2) is 42.0 Å². The summed E-state index contributed by atoms with van der Waals surface area (Å²) in [6.45, 7) is 3.70. The predicted molar refractivity (Wildman–Crippen MR) is 151 cm³/mol. The first-order valence-corrected chi connectivity index (χ1v) is 12.8. The number of carbonyl (C=O) groups excluding carboxylic acids is 1. The fourth-order valence-electron chi connectivity index (χ4n) is 4.00. The Bertz CT molecular complexity index is 1650. The Morgan fingerprint density at radius 2 is 1.57 bits per heavy atom. The summed E-state index contributed by atoms with van der Waals surface area (Å²) in [6, 6.07) is 13.8. The molecule has 0 bridgehead atoms. The molecule has 0 aliphatic rings. The third-order valence-electron chi connectivity index (χ3n) is 5.94. The van der Waals surface area contributed by atoms with Gasteiger partial charge in [0.2, 0.25) is 5.69 Å². The highest BCUT2D eigenvalue weighted by molar-refractivity contribution is 9.10. The number of aromatic amines is 1. The van der Waals surface area contributed by atoms with Gasteiger partial charge in [-0.05, 0) is 88.9 Å². The standard InChI is InChI=1S/C28H27BrN4O7/c1-15-8-18(9-16(2)25(15)40-19-6-7-23(39-5)22(29)13-19)33-28(36)31-27(35)24(32-33)26(34)30-14-17-10-20(37-3)12-21(11-17)38-4/h6-13H,14H2,1-5H3,(H,30,34)(H,31,35,36). The molecule has 40 heavy (non-hydrogen) atoms. The highest BCUT2D eigenvalue weighted by Crippen LogP contribution is 2.34. The van der Waals surface area contributed by atoms with Crippen LogP contribution in [0.25, 0.3) is 5.69 Å². The maximum atomic E-state index is 12.9. The van der Waals surface area contributed by atoms with Crippen molar-refractivity contribution in [1.82, 2.24) is 20.1 Å². The molecule has 4 aromatic rings. The molecule has 1 heterocycles. The number of nitrogens with one attached hydrogen (secondary N) is 2. The van der Waals surface area contributed by atoms with E-state index in [1.165, 1.54) is 14.2 Å². The lowest BCUT2D eigenvalue weighted by Crippen LogP contribution is -2.39. The van der Waals surface area contributed by atoms with Crippen molar-refractivity contribution in [2.45, 2.75) is 20.4 Å². The van der Waals surface area contributed by atoms with E-state index in [0.717, 1.165) is 9.15 Å². The molecule has 12 heteroatoms. The molecule has 0 aliphatic heterocycles. The molecular weight excluding hydrogens is 584 g/mol. The number of aryl methyl sites for hydroxylation is 2. The van der Waals surface area contributed by atoms with E-state index >= 15 is 0 Å². The van der Waals surface area contributed by atoms with Crippen molar-refractivity contribution in [3.8, 4) is 34.4 Å². The molecule has 1 amide bonds. The maximum absolute atomic E-state index is 12.9. The minimum atomic E-state index is -0.902. The SMILES string of the molecule is COc1cc(CNC(=O)c2nn(-c3cc(C)c(Oc4ccc(OC)c(Br)c4)c(C)c3)c(=O)[nH]c2=O)cc(OC)c1. The van der Waals surface area contributed by atoms with Crippen LogP contribution in [0.4, 0.5) is 0 Å². The van der Waals surface area contributed by atoms with Crippen LogP contribution in [-0.2, 0) is 6.54 Å². The van der Waals surface area contributed by atoms with Crippen LogP contribution in [0.2, 0.25) is 0 Å². The summed E-state index contributed by atoms with van der Waals surface area (Å²) in [7, 11) is 4.61. The number of H-pyrrole nitrogens is 1. The maximum Gasteiger partial charge on any atom is 0.349 e. The van der Waals surface area contributed by atoms with E-state index in [1.54, 1.807) is 55.6 Å². The largest absolute Gasteiger partial charge is 0.497 e. The van der Waals surface area contributed by atoms with Crippen molar-refractivity contribution < 1.29 is 23.7 Å². The van der Waals surface area contributed by atoms with E-state index in [4.69, 9.17) is 18.9 Å². The zero-order chi connectivity index (χ0) is 29.0. The second-order valence-corrected chi connectivity index (χ2v) is 9.58. The zero-order valence-electron chi connectivity index (χ0n) is 22.5. The molecule has 4 rings (SSSR count). The lowest BCUT2D eigenvalue weighted by molar-refractivity contribution is 0.0942. The number of carbonyl (C=O) groups is 1. The van der Waals surface area contributed by atoms with E-state index in [1.807, 2.05) is 13.8 Å². The summed E-state index contributed by atoms with van der Waals surface area (Å²) >= 11 is 3.45. The van der Waals surface area contributed by atoms with Gasteiger partial charge >= 0.3 is 5.69 Å². The van der Waals surface area contributed by atoms with E-state index in [9.17, 15) is 14.4 Å². The number of hydrogen-bond acceptors (Lipinski definition) is 8. The number of rotatable bonds is 9. The minimum absolute atomic E-state index is 0.0678. The first kappa shape index (κ1) is 28.4. The average Bonchev–Trinajstić information content (AvgIpc) is 2.93.